The summed E-state index contributed by atoms with van der Waals surface area (Å²) in [4.78, 5) is 4.07. The van der Waals surface area contributed by atoms with Crippen LogP contribution in [0.2, 0.25) is 0 Å². The van der Waals surface area contributed by atoms with E-state index in [0.717, 1.165) is 5.57 Å². The molecule has 98 valence electrons. The predicted molar refractivity (Wildman–Crippen MR) is 69.2 cm³/mol. The zero-order valence-corrected chi connectivity index (χ0v) is 11.1. The van der Waals surface area contributed by atoms with E-state index in [2.05, 4.69) is 16.9 Å². The molecule has 1 saturated heterocycles. The Hall–Kier alpha value is -1.08. The molecule has 0 radical (unpaired) electrons. The first-order valence-electron chi connectivity index (χ1n) is 5.42. The first kappa shape index (κ1) is 14.0. The minimum atomic E-state index is -3.03. The average Bonchev–Trinajstić information content (AvgIpc) is 2.09. The van der Waals surface area contributed by atoms with E-state index >= 15 is 0 Å². The average molecular weight is 260 g/mol. The molecule has 0 atom stereocenters. The lowest BCUT2D eigenvalue weighted by atomic mass is 10.0. The number of guanidine groups is 1. The Bertz CT molecular complexity index is 410. The van der Waals surface area contributed by atoms with Crippen molar-refractivity contribution >= 4 is 16.0 Å². The van der Waals surface area contributed by atoms with Crippen molar-refractivity contribution in [3.63, 3.8) is 0 Å². The van der Waals surface area contributed by atoms with E-state index in [0.29, 0.717) is 38.1 Å². The molecule has 1 fully saturated rings. The lowest BCUT2D eigenvalue weighted by molar-refractivity contribution is 0.203. The van der Waals surface area contributed by atoms with Crippen LogP contribution < -0.4 is 11.1 Å². The highest BCUT2D eigenvalue weighted by molar-refractivity contribution is 7.88. The third-order valence-electron chi connectivity index (χ3n) is 2.48. The van der Waals surface area contributed by atoms with Crippen molar-refractivity contribution in [1.29, 1.82) is 0 Å². The fourth-order valence-corrected chi connectivity index (χ4v) is 2.41. The largest absolute Gasteiger partial charge is 0.370 e. The summed E-state index contributed by atoms with van der Waals surface area (Å²) in [5.74, 6) is 0.689. The standard InChI is InChI=1S/C10H20N4O2S/c1-8(2)4-12-10(11)13-5-9-6-14(7-9)17(3,15)16/h9H,1,4-7H2,2-3H3,(H3,11,12,13). The highest BCUT2D eigenvalue weighted by Crippen LogP contribution is 2.17. The van der Waals surface area contributed by atoms with Crippen LogP contribution in [0.4, 0.5) is 0 Å². The SMILES string of the molecule is C=C(C)CN=C(N)NCC1CN(S(C)(=O)=O)C1. The number of hydrogen-bond acceptors (Lipinski definition) is 3. The van der Waals surface area contributed by atoms with Gasteiger partial charge in [0.25, 0.3) is 0 Å². The lowest BCUT2D eigenvalue weighted by Crippen LogP contribution is -2.53. The van der Waals surface area contributed by atoms with Gasteiger partial charge in [0.1, 0.15) is 0 Å². The number of nitrogens with one attached hydrogen (secondary N) is 1. The van der Waals surface area contributed by atoms with Crippen molar-refractivity contribution in [3.8, 4) is 0 Å². The third-order valence-corrected chi connectivity index (χ3v) is 3.72. The minimum absolute atomic E-state index is 0.309. The fraction of sp³-hybridized carbons (Fsp3) is 0.700. The molecule has 0 unspecified atom stereocenters. The molecule has 1 rings (SSSR count). The molecule has 6 nitrogen and oxygen atoms in total. The Morgan fingerprint density at radius 3 is 2.65 bits per heavy atom. The van der Waals surface area contributed by atoms with Gasteiger partial charge in [0.15, 0.2) is 5.96 Å². The number of rotatable bonds is 5. The van der Waals surface area contributed by atoms with Crippen LogP contribution in [0.5, 0.6) is 0 Å². The van der Waals surface area contributed by atoms with Crippen molar-refractivity contribution < 1.29 is 8.42 Å². The molecular weight excluding hydrogens is 240 g/mol. The number of aliphatic imine (C=N–C) groups is 1. The summed E-state index contributed by atoms with van der Waals surface area (Å²) < 4.78 is 23.7. The molecule has 0 aliphatic carbocycles. The lowest BCUT2D eigenvalue weighted by Gasteiger charge is -2.37. The maximum atomic E-state index is 11.1. The maximum absolute atomic E-state index is 11.1. The monoisotopic (exact) mass is 260 g/mol. The summed E-state index contributed by atoms with van der Waals surface area (Å²) >= 11 is 0. The zero-order chi connectivity index (χ0) is 13.1. The number of hydrogen-bond donors (Lipinski definition) is 2. The van der Waals surface area contributed by atoms with Gasteiger partial charge in [0.05, 0.1) is 12.8 Å². The third kappa shape index (κ3) is 4.74. The summed E-state index contributed by atoms with van der Waals surface area (Å²) in [5.41, 5.74) is 6.58. The van der Waals surface area contributed by atoms with Crippen LogP contribution in [0.3, 0.4) is 0 Å². The molecule has 0 bridgehead atoms. The molecule has 0 aromatic carbocycles. The van der Waals surface area contributed by atoms with Crippen LogP contribution >= 0.6 is 0 Å². The Balaban J connectivity index is 2.22. The fourth-order valence-electron chi connectivity index (χ4n) is 1.45. The summed E-state index contributed by atoms with van der Waals surface area (Å²) in [6.07, 6.45) is 1.22. The summed E-state index contributed by atoms with van der Waals surface area (Å²) in [7, 11) is -3.03. The van der Waals surface area contributed by atoms with E-state index in [1.54, 1.807) is 0 Å². The molecule has 1 aliphatic rings. The molecule has 1 heterocycles. The van der Waals surface area contributed by atoms with Crippen LogP contribution in [-0.4, -0.2) is 51.1 Å². The van der Waals surface area contributed by atoms with E-state index in [-0.39, 0.29) is 0 Å². The van der Waals surface area contributed by atoms with Gasteiger partial charge in [-0.05, 0) is 6.92 Å². The van der Waals surface area contributed by atoms with E-state index in [9.17, 15) is 8.42 Å². The van der Waals surface area contributed by atoms with Gasteiger partial charge in [-0.3, -0.25) is 0 Å². The van der Waals surface area contributed by atoms with Crippen LogP contribution in [0.1, 0.15) is 6.92 Å². The van der Waals surface area contributed by atoms with Gasteiger partial charge in [0, 0.05) is 25.6 Å². The summed E-state index contributed by atoms with van der Waals surface area (Å²) in [6, 6.07) is 0. The Labute approximate surface area is 103 Å². The quantitative estimate of drug-likeness (QED) is 0.391. The zero-order valence-electron chi connectivity index (χ0n) is 10.3. The molecule has 0 saturated carbocycles. The van der Waals surface area contributed by atoms with Gasteiger partial charge in [-0.15, -0.1) is 0 Å². The molecule has 0 amide bonds. The highest BCUT2D eigenvalue weighted by Gasteiger charge is 2.32. The maximum Gasteiger partial charge on any atom is 0.211 e. The first-order chi connectivity index (χ1) is 7.79. The summed E-state index contributed by atoms with van der Waals surface area (Å²) in [5, 5.41) is 2.98. The molecule has 0 spiro atoms. The second kappa shape index (κ2) is 5.50. The molecule has 0 aromatic rings. The highest BCUT2D eigenvalue weighted by atomic mass is 32.2. The molecular formula is C10H20N4O2S. The minimum Gasteiger partial charge on any atom is -0.370 e. The van der Waals surface area contributed by atoms with Crippen LogP contribution in [0.15, 0.2) is 17.1 Å². The van der Waals surface area contributed by atoms with Gasteiger partial charge >= 0.3 is 0 Å². The molecule has 0 aromatic heterocycles. The number of sulfonamides is 1. The van der Waals surface area contributed by atoms with Crippen molar-refractivity contribution in [3.05, 3.63) is 12.2 Å². The van der Waals surface area contributed by atoms with Crippen LogP contribution in [0, 0.1) is 5.92 Å². The van der Waals surface area contributed by atoms with Gasteiger partial charge in [-0.2, -0.15) is 0 Å². The summed E-state index contributed by atoms with van der Waals surface area (Å²) in [6.45, 7) is 7.88. The number of nitrogens with zero attached hydrogens (tertiary/aromatic N) is 2. The van der Waals surface area contributed by atoms with Gasteiger partial charge < -0.3 is 11.1 Å². The molecule has 17 heavy (non-hydrogen) atoms. The second-order valence-corrected chi connectivity index (χ2v) is 6.47. The molecule has 7 heteroatoms. The van der Waals surface area contributed by atoms with Crippen LogP contribution in [0.25, 0.3) is 0 Å². The first-order valence-corrected chi connectivity index (χ1v) is 7.27. The van der Waals surface area contributed by atoms with E-state index in [1.807, 2.05) is 6.92 Å². The van der Waals surface area contributed by atoms with Crippen LogP contribution in [-0.2, 0) is 10.0 Å². The van der Waals surface area contributed by atoms with Crippen molar-refractivity contribution in [2.24, 2.45) is 16.6 Å². The van der Waals surface area contributed by atoms with Gasteiger partial charge in [-0.25, -0.2) is 17.7 Å². The number of nitrogens with two attached hydrogens (primary N) is 1. The Morgan fingerprint density at radius 2 is 2.18 bits per heavy atom. The second-order valence-electron chi connectivity index (χ2n) is 4.49. The normalized spacial score (nSPS) is 18.8. The Kier molecular flexibility index (Phi) is 4.53. The Morgan fingerprint density at radius 1 is 1.59 bits per heavy atom. The van der Waals surface area contributed by atoms with Gasteiger partial charge in [-0.1, -0.05) is 12.2 Å². The van der Waals surface area contributed by atoms with Crippen molar-refractivity contribution in [2.75, 3.05) is 32.4 Å². The van der Waals surface area contributed by atoms with Gasteiger partial charge in [0.2, 0.25) is 10.0 Å². The predicted octanol–water partition coefficient (Wildman–Crippen LogP) is -0.642. The molecule has 1 aliphatic heterocycles. The van der Waals surface area contributed by atoms with Crippen molar-refractivity contribution in [2.45, 2.75) is 6.92 Å². The van der Waals surface area contributed by atoms with E-state index in [1.165, 1.54) is 10.6 Å². The smallest absolute Gasteiger partial charge is 0.211 e. The topological polar surface area (TPSA) is 87.8 Å². The van der Waals surface area contributed by atoms with E-state index < -0.39 is 10.0 Å². The molecule has 3 N–H and O–H groups in total. The van der Waals surface area contributed by atoms with Crippen molar-refractivity contribution in [1.82, 2.24) is 9.62 Å². The van der Waals surface area contributed by atoms with E-state index in [4.69, 9.17) is 5.73 Å².